The Morgan fingerprint density at radius 2 is 1.78 bits per heavy atom. The van der Waals surface area contributed by atoms with Crippen molar-refractivity contribution < 1.29 is 14.0 Å². The van der Waals surface area contributed by atoms with E-state index < -0.39 is 0 Å². The number of rotatable bonds is 3. The van der Waals surface area contributed by atoms with Gasteiger partial charge in [0, 0.05) is 18.2 Å². The minimum atomic E-state index is -0.387. The van der Waals surface area contributed by atoms with Gasteiger partial charge in [0.15, 0.2) is 0 Å². The van der Waals surface area contributed by atoms with E-state index >= 15 is 0 Å². The van der Waals surface area contributed by atoms with Gasteiger partial charge in [-0.2, -0.15) is 5.10 Å². The van der Waals surface area contributed by atoms with Crippen molar-refractivity contribution in [3.05, 3.63) is 11.8 Å². The summed E-state index contributed by atoms with van der Waals surface area (Å²) >= 11 is 0. The van der Waals surface area contributed by atoms with Gasteiger partial charge in [-0.25, -0.2) is 4.68 Å². The molecule has 1 unspecified atom stereocenters. The van der Waals surface area contributed by atoms with Gasteiger partial charge in [0.05, 0.1) is 16.8 Å². The average Bonchev–Trinajstić information content (AvgIpc) is 3.20. The predicted octanol–water partition coefficient (Wildman–Crippen LogP) is 2.76. The molecule has 3 fully saturated rings. The van der Waals surface area contributed by atoms with Crippen LogP contribution in [0.15, 0.2) is 6.07 Å². The van der Waals surface area contributed by atoms with Gasteiger partial charge in [-0.15, -0.1) is 0 Å². The lowest BCUT2D eigenvalue weighted by atomic mass is 9.84. The fourth-order valence-corrected chi connectivity index (χ4v) is 3.34. The Morgan fingerprint density at radius 3 is 2.35 bits per heavy atom. The van der Waals surface area contributed by atoms with Gasteiger partial charge in [0.25, 0.3) is 0 Å². The van der Waals surface area contributed by atoms with E-state index in [0.717, 1.165) is 25.0 Å². The minimum absolute atomic E-state index is 0.0792. The zero-order valence-electron chi connectivity index (χ0n) is 14.7. The lowest BCUT2D eigenvalue weighted by Gasteiger charge is -2.32. The molecule has 0 N–H and O–H groups in total. The molecule has 1 aliphatic carbocycles. The van der Waals surface area contributed by atoms with Gasteiger partial charge >= 0.3 is 7.12 Å². The van der Waals surface area contributed by atoms with Gasteiger partial charge in [-0.3, -0.25) is 0 Å². The monoisotopic (exact) mass is 318 g/mol. The van der Waals surface area contributed by atoms with Crippen molar-refractivity contribution >= 4 is 12.7 Å². The second kappa shape index (κ2) is 5.33. The van der Waals surface area contributed by atoms with Crippen molar-refractivity contribution in [2.75, 3.05) is 6.61 Å². The summed E-state index contributed by atoms with van der Waals surface area (Å²) in [4.78, 5) is 0. The molecule has 0 aromatic carbocycles. The highest BCUT2D eigenvalue weighted by Crippen LogP contribution is 2.42. The van der Waals surface area contributed by atoms with Crippen molar-refractivity contribution in [1.29, 1.82) is 0 Å². The summed E-state index contributed by atoms with van der Waals surface area (Å²) in [6.45, 7) is 9.15. The van der Waals surface area contributed by atoms with E-state index in [-0.39, 0.29) is 24.5 Å². The predicted molar refractivity (Wildman–Crippen MR) is 88.8 cm³/mol. The first-order chi connectivity index (χ1) is 10.9. The van der Waals surface area contributed by atoms with E-state index in [4.69, 9.17) is 19.1 Å². The lowest BCUT2D eigenvalue weighted by molar-refractivity contribution is -0.0409. The Balaban J connectivity index is 1.63. The smallest absolute Gasteiger partial charge is 0.398 e. The maximum absolute atomic E-state index is 6.17. The fraction of sp³-hybridized carbons (Fsp3) is 0.824. The molecule has 23 heavy (non-hydrogen) atoms. The van der Waals surface area contributed by atoms with Crippen LogP contribution in [-0.2, 0) is 14.0 Å². The topological polar surface area (TPSA) is 45.5 Å². The van der Waals surface area contributed by atoms with Crippen LogP contribution in [0.1, 0.15) is 77.6 Å². The van der Waals surface area contributed by atoms with Crippen molar-refractivity contribution in [3.8, 4) is 0 Å². The van der Waals surface area contributed by atoms with Gasteiger partial charge in [0.2, 0.25) is 0 Å². The van der Waals surface area contributed by atoms with Crippen molar-refractivity contribution in [2.24, 2.45) is 0 Å². The molecule has 0 amide bonds. The van der Waals surface area contributed by atoms with Crippen molar-refractivity contribution in [1.82, 2.24) is 9.78 Å². The summed E-state index contributed by atoms with van der Waals surface area (Å²) in [5.41, 5.74) is 1.52. The standard InChI is InChI=1S/C17H27BN2O3/c1-16(2)17(3,4)23-18(22-16)14-11-13(12-8-9-12)20(19-14)15-7-5-6-10-21-15/h11-12,15H,5-10H2,1-4H3. The molecule has 1 atom stereocenters. The molecule has 6 heteroatoms. The van der Waals surface area contributed by atoms with Crippen LogP contribution in [0.4, 0.5) is 0 Å². The molecular formula is C17H27BN2O3. The Morgan fingerprint density at radius 1 is 1.09 bits per heavy atom. The van der Waals surface area contributed by atoms with Crippen LogP contribution >= 0.6 is 0 Å². The van der Waals surface area contributed by atoms with Crippen LogP contribution < -0.4 is 5.59 Å². The third-order valence-corrected chi connectivity index (χ3v) is 5.70. The molecule has 4 rings (SSSR count). The molecule has 3 aliphatic rings. The van der Waals surface area contributed by atoms with Crippen molar-refractivity contribution in [2.45, 2.75) is 83.1 Å². The number of nitrogens with zero attached hydrogens (tertiary/aromatic N) is 2. The number of hydrogen-bond donors (Lipinski definition) is 0. The van der Waals surface area contributed by atoms with Crippen LogP contribution in [0.25, 0.3) is 0 Å². The molecule has 5 nitrogen and oxygen atoms in total. The number of aromatic nitrogens is 2. The van der Waals surface area contributed by atoms with Crippen LogP contribution in [0, 0.1) is 0 Å². The first kappa shape index (κ1) is 15.7. The molecule has 126 valence electrons. The van der Waals surface area contributed by atoms with Gasteiger partial charge in [-0.1, -0.05) is 0 Å². The Bertz CT molecular complexity index is 573. The van der Waals surface area contributed by atoms with E-state index in [9.17, 15) is 0 Å². The summed E-state index contributed by atoms with van der Waals surface area (Å²) in [7, 11) is -0.387. The molecular weight excluding hydrogens is 291 g/mol. The van der Waals surface area contributed by atoms with E-state index in [1.165, 1.54) is 25.0 Å². The van der Waals surface area contributed by atoms with E-state index in [2.05, 4.69) is 38.4 Å². The number of hydrogen-bond acceptors (Lipinski definition) is 4. The summed E-state index contributed by atoms with van der Waals surface area (Å²) in [5, 5.41) is 4.85. The molecule has 3 heterocycles. The molecule has 2 aliphatic heterocycles. The molecule has 1 aromatic rings. The second-order valence-corrected chi connectivity index (χ2v) is 8.12. The highest BCUT2D eigenvalue weighted by atomic mass is 16.7. The third-order valence-electron chi connectivity index (χ3n) is 5.70. The summed E-state index contributed by atoms with van der Waals surface area (Å²) in [6.07, 6.45) is 5.99. The summed E-state index contributed by atoms with van der Waals surface area (Å²) in [5.74, 6) is 0.629. The number of ether oxygens (including phenoxy) is 1. The van der Waals surface area contributed by atoms with Crippen LogP contribution in [0.3, 0.4) is 0 Å². The van der Waals surface area contributed by atoms with E-state index in [1.54, 1.807) is 0 Å². The zero-order chi connectivity index (χ0) is 16.2. The first-order valence-corrected chi connectivity index (χ1v) is 8.94. The normalized spacial score (nSPS) is 29.9. The largest absolute Gasteiger partial charge is 0.516 e. The van der Waals surface area contributed by atoms with Gasteiger partial charge < -0.3 is 14.0 Å². The molecule has 1 aromatic heterocycles. The SMILES string of the molecule is CC1(C)OB(c2cc(C3CC3)n(C3CCCCO3)n2)OC1(C)C. The van der Waals surface area contributed by atoms with Crippen LogP contribution in [0.5, 0.6) is 0 Å². The Labute approximate surface area is 138 Å². The molecule has 0 spiro atoms. The van der Waals surface area contributed by atoms with Crippen molar-refractivity contribution in [3.63, 3.8) is 0 Å². The fourth-order valence-electron chi connectivity index (χ4n) is 3.34. The van der Waals surface area contributed by atoms with E-state index in [1.807, 2.05) is 0 Å². The first-order valence-electron chi connectivity index (χ1n) is 8.94. The second-order valence-electron chi connectivity index (χ2n) is 8.12. The summed E-state index contributed by atoms with van der Waals surface area (Å²) in [6, 6.07) is 2.18. The maximum atomic E-state index is 6.17. The molecule has 0 radical (unpaired) electrons. The minimum Gasteiger partial charge on any atom is -0.398 e. The van der Waals surface area contributed by atoms with Crippen LogP contribution in [-0.4, -0.2) is 34.7 Å². The average molecular weight is 318 g/mol. The van der Waals surface area contributed by atoms with E-state index in [0.29, 0.717) is 5.92 Å². The molecule has 2 saturated heterocycles. The third kappa shape index (κ3) is 2.75. The van der Waals surface area contributed by atoms with Crippen LogP contribution in [0.2, 0.25) is 0 Å². The Kier molecular flexibility index (Phi) is 3.63. The Hall–Kier alpha value is -0.845. The lowest BCUT2D eigenvalue weighted by Crippen LogP contribution is -2.41. The maximum Gasteiger partial charge on any atom is 0.516 e. The zero-order valence-corrected chi connectivity index (χ0v) is 14.7. The van der Waals surface area contributed by atoms with Gasteiger partial charge in [0.1, 0.15) is 6.23 Å². The highest BCUT2D eigenvalue weighted by Gasteiger charge is 2.53. The quantitative estimate of drug-likeness (QED) is 0.804. The molecule has 0 bridgehead atoms. The molecule has 1 saturated carbocycles. The van der Waals surface area contributed by atoms with Gasteiger partial charge in [-0.05, 0) is 65.9 Å². The summed E-state index contributed by atoms with van der Waals surface area (Å²) < 4.78 is 20.4. The highest BCUT2D eigenvalue weighted by molar-refractivity contribution is 6.61.